The van der Waals surface area contributed by atoms with E-state index in [2.05, 4.69) is 109 Å². The molecule has 0 aromatic heterocycles. The van der Waals surface area contributed by atoms with Crippen LogP contribution in [0.4, 0.5) is 5.69 Å². The smallest absolute Gasteiger partial charge is 0.195 e. The second-order valence-electron chi connectivity index (χ2n) is 8.91. The van der Waals surface area contributed by atoms with Crippen LogP contribution in [0.15, 0.2) is 157 Å². The van der Waals surface area contributed by atoms with Crippen LogP contribution in [0.25, 0.3) is 0 Å². The highest BCUT2D eigenvalue weighted by Gasteiger charge is 2.43. The molecule has 0 fully saturated rings. The minimum atomic E-state index is -2.15. The molecule has 0 saturated heterocycles. The summed E-state index contributed by atoms with van der Waals surface area (Å²) in [6, 6.07) is 49.4. The molecule has 5 aromatic rings. The van der Waals surface area contributed by atoms with Gasteiger partial charge in [0.2, 0.25) is 0 Å². The lowest BCUT2D eigenvalue weighted by Crippen LogP contribution is -3.00. The van der Waals surface area contributed by atoms with Gasteiger partial charge in [0.15, 0.2) is 5.78 Å². The maximum Gasteiger partial charge on any atom is 0.195 e. The summed E-state index contributed by atoms with van der Waals surface area (Å²) in [5, 5.41) is 7.43. The van der Waals surface area contributed by atoms with Crippen LogP contribution in [0, 0.1) is 0 Å². The van der Waals surface area contributed by atoms with Gasteiger partial charge in [-0.1, -0.05) is 97.1 Å². The highest BCUT2D eigenvalue weighted by molar-refractivity contribution is 7.98. The summed E-state index contributed by atoms with van der Waals surface area (Å²) in [4.78, 5) is 13.3. The number of carbonyl (C=O) groups excluding carboxylic acids is 1. The maximum absolute atomic E-state index is 13.3. The Labute approximate surface area is 236 Å². The summed E-state index contributed by atoms with van der Waals surface area (Å²) in [6.07, 6.45) is 0. The van der Waals surface area contributed by atoms with Crippen molar-refractivity contribution in [2.24, 2.45) is 0 Å². The molecule has 4 heteroatoms. The van der Waals surface area contributed by atoms with Crippen LogP contribution in [0.5, 0.6) is 0 Å². The number of halogens is 1. The largest absolute Gasteiger partial charge is 1.00 e. The Kier molecular flexibility index (Phi) is 9.07. The normalized spacial score (nSPS) is 11.3. The van der Waals surface area contributed by atoms with Gasteiger partial charge in [0.05, 0.1) is 5.82 Å². The monoisotopic (exact) mass is 577 g/mol. The Bertz CT molecular complexity index is 1410. The van der Waals surface area contributed by atoms with Gasteiger partial charge in [-0.3, -0.25) is 4.79 Å². The minimum absolute atomic E-state index is 0. The molecule has 0 unspecified atom stereocenters. The molecule has 0 amide bonds. The van der Waals surface area contributed by atoms with Gasteiger partial charge >= 0.3 is 0 Å². The number of benzene rings is 5. The van der Waals surface area contributed by atoms with Crippen molar-refractivity contribution in [2.75, 3.05) is 5.32 Å². The number of allylic oxidation sites excluding steroid dienone is 1. The molecule has 5 rings (SSSR count). The third kappa shape index (κ3) is 5.70. The molecule has 0 radical (unpaired) electrons. The molecule has 0 saturated carbocycles. The lowest BCUT2D eigenvalue weighted by molar-refractivity contribution is -0.0000144. The molecule has 0 spiro atoms. The van der Waals surface area contributed by atoms with E-state index in [1.54, 1.807) is 0 Å². The SMILES string of the molecule is C/C(=C\[P+](c1ccccc1)(c1ccccc1)c1ccccc1)Nc1ccccc1C(=O)c1ccccc1.[Br-]. The molecule has 0 aliphatic rings. The van der Waals surface area contributed by atoms with E-state index in [1.807, 2.05) is 54.6 Å². The molecular weight excluding hydrogens is 549 g/mol. The average Bonchev–Trinajstić information content (AvgIpc) is 2.98. The van der Waals surface area contributed by atoms with Crippen molar-refractivity contribution in [3.63, 3.8) is 0 Å². The van der Waals surface area contributed by atoms with Gasteiger partial charge in [0.1, 0.15) is 23.2 Å². The third-order valence-corrected chi connectivity index (χ3v) is 10.5. The van der Waals surface area contributed by atoms with E-state index in [9.17, 15) is 4.79 Å². The van der Waals surface area contributed by atoms with Gasteiger partial charge in [-0.15, -0.1) is 0 Å². The van der Waals surface area contributed by atoms with E-state index in [1.165, 1.54) is 15.9 Å². The Morgan fingerprint density at radius 1 is 0.579 bits per heavy atom. The molecule has 0 heterocycles. The van der Waals surface area contributed by atoms with Crippen molar-refractivity contribution in [1.82, 2.24) is 0 Å². The number of hydrogen-bond donors (Lipinski definition) is 1. The number of hydrogen-bond acceptors (Lipinski definition) is 2. The predicted octanol–water partition coefficient (Wildman–Crippen LogP) is 4.19. The van der Waals surface area contributed by atoms with Crippen molar-refractivity contribution < 1.29 is 21.8 Å². The standard InChI is InChI=1S/C34H28NOP.BrH/c1-27(35-33-25-15-14-24-32(33)34(36)28-16-6-2-7-17-28)26-37(29-18-8-3-9-19-29,30-20-10-4-11-21-30)31-22-12-5-13-23-31;/h2-26H,1H3;1H/b27-26+;. The number of para-hydroxylation sites is 1. The summed E-state index contributed by atoms with van der Waals surface area (Å²) in [7, 11) is -2.15. The van der Waals surface area contributed by atoms with Crippen molar-refractivity contribution in [3.8, 4) is 0 Å². The molecule has 38 heavy (non-hydrogen) atoms. The molecule has 0 aliphatic carbocycles. The Hall–Kier alpha value is -3.78. The van der Waals surface area contributed by atoms with Crippen molar-refractivity contribution in [1.29, 1.82) is 0 Å². The van der Waals surface area contributed by atoms with Gasteiger partial charge in [0.25, 0.3) is 0 Å². The van der Waals surface area contributed by atoms with E-state index in [0.29, 0.717) is 11.1 Å². The first-order valence-corrected chi connectivity index (χ1v) is 14.2. The Morgan fingerprint density at radius 2 is 0.974 bits per heavy atom. The fourth-order valence-electron chi connectivity index (χ4n) is 4.73. The summed E-state index contributed by atoms with van der Waals surface area (Å²) < 4.78 is 0. The van der Waals surface area contributed by atoms with Crippen LogP contribution >= 0.6 is 7.26 Å². The van der Waals surface area contributed by atoms with Crippen LogP contribution in [0.2, 0.25) is 0 Å². The number of anilines is 1. The van der Waals surface area contributed by atoms with Gasteiger partial charge in [-0.05, 0) is 55.5 Å². The van der Waals surface area contributed by atoms with Gasteiger partial charge < -0.3 is 22.3 Å². The van der Waals surface area contributed by atoms with Crippen LogP contribution < -0.4 is 38.2 Å². The zero-order valence-corrected chi connectivity index (χ0v) is 23.6. The first kappa shape index (κ1) is 27.3. The zero-order chi connectivity index (χ0) is 25.5. The quantitative estimate of drug-likeness (QED) is 0.221. The topological polar surface area (TPSA) is 29.1 Å². The first-order valence-electron chi connectivity index (χ1n) is 12.4. The van der Waals surface area contributed by atoms with Crippen LogP contribution in [0.3, 0.4) is 0 Å². The average molecular weight is 578 g/mol. The van der Waals surface area contributed by atoms with Crippen molar-refractivity contribution >= 4 is 34.6 Å². The third-order valence-electron chi connectivity index (χ3n) is 6.42. The molecular formula is C34H29BrNOP. The number of nitrogens with one attached hydrogen (secondary N) is 1. The minimum Gasteiger partial charge on any atom is -1.00 e. The highest BCUT2D eigenvalue weighted by atomic mass is 79.9. The Morgan fingerprint density at radius 3 is 1.45 bits per heavy atom. The molecule has 5 aromatic carbocycles. The molecule has 1 N–H and O–H groups in total. The molecule has 2 nitrogen and oxygen atoms in total. The van der Waals surface area contributed by atoms with E-state index in [-0.39, 0.29) is 22.8 Å². The summed E-state index contributed by atoms with van der Waals surface area (Å²) in [5.41, 5.74) is 3.14. The number of rotatable bonds is 8. The van der Waals surface area contributed by atoms with E-state index < -0.39 is 7.26 Å². The fraction of sp³-hybridized carbons (Fsp3) is 0.0294. The van der Waals surface area contributed by atoms with Crippen LogP contribution in [-0.2, 0) is 0 Å². The predicted molar refractivity (Wildman–Crippen MR) is 159 cm³/mol. The zero-order valence-electron chi connectivity index (χ0n) is 21.2. The molecule has 0 atom stereocenters. The van der Waals surface area contributed by atoms with E-state index in [4.69, 9.17) is 0 Å². The second-order valence-corrected chi connectivity index (χ2v) is 12.2. The van der Waals surface area contributed by atoms with Crippen LogP contribution in [-0.4, -0.2) is 5.78 Å². The molecule has 188 valence electrons. The second kappa shape index (κ2) is 12.6. The summed E-state index contributed by atoms with van der Waals surface area (Å²) in [5.74, 6) is 2.39. The van der Waals surface area contributed by atoms with Gasteiger partial charge in [-0.2, -0.15) is 0 Å². The highest BCUT2D eigenvalue weighted by Crippen LogP contribution is 2.57. The van der Waals surface area contributed by atoms with E-state index >= 15 is 0 Å². The number of ketones is 1. The number of carbonyl (C=O) groups is 1. The van der Waals surface area contributed by atoms with E-state index in [0.717, 1.165) is 11.4 Å². The lowest BCUT2D eigenvalue weighted by atomic mass is 10.0. The lowest BCUT2D eigenvalue weighted by Gasteiger charge is -2.25. The summed E-state index contributed by atoms with van der Waals surface area (Å²) in [6.45, 7) is 2.09. The Balaban J connectivity index is 0.00000336. The molecule has 0 bridgehead atoms. The molecule has 0 aliphatic heterocycles. The van der Waals surface area contributed by atoms with Gasteiger partial charge in [0, 0.05) is 22.5 Å². The van der Waals surface area contributed by atoms with Crippen LogP contribution in [0.1, 0.15) is 22.8 Å². The maximum atomic E-state index is 13.3. The summed E-state index contributed by atoms with van der Waals surface area (Å²) >= 11 is 0. The first-order chi connectivity index (χ1) is 18.2. The van der Waals surface area contributed by atoms with Crippen molar-refractivity contribution in [3.05, 3.63) is 168 Å². The fourth-order valence-corrected chi connectivity index (χ4v) is 8.64. The van der Waals surface area contributed by atoms with Gasteiger partial charge in [-0.25, -0.2) is 0 Å². The van der Waals surface area contributed by atoms with Crippen molar-refractivity contribution in [2.45, 2.75) is 6.92 Å².